The summed E-state index contributed by atoms with van der Waals surface area (Å²) in [6.07, 6.45) is 10.4. The molecule has 2 rings (SSSR count). The number of carbonyl (C=O) groups is 1. The van der Waals surface area contributed by atoms with Gasteiger partial charge in [-0.15, -0.1) is 0 Å². The molecule has 4 heteroatoms. The van der Waals surface area contributed by atoms with Gasteiger partial charge in [0.05, 0.1) is 6.61 Å². The van der Waals surface area contributed by atoms with Crippen LogP contribution in [-0.2, 0) is 14.3 Å². The van der Waals surface area contributed by atoms with Crippen molar-refractivity contribution in [2.45, 2.75) is 70.3 Å². The fourth-order valence-electron chi connectivity index (χ4n) is 3.87. The maximum atomic E-state index is 12.1. The maximum Gasteiger partial charge on any atom is 0.326 e. The van der Waals surface area contributed by atoms with Crippen molar-refractivity contribution in [2.24, 2.45) is 17.6 Å². The molecule has 2 unspecified atom stereocenters. The molecule has 0 aliphatic heterocycles. The van der Waals surface area contributed by atoms with E-state index in [1.807, 2.05) is 6.92 Å². The van der Waals surface area contributed by atoms with Gasteiger partial charge in [-0.2, -0.15) is 0 Å². The number of ether oxygens (including phenoxy) is 2. The molecule has 0 radical (unpaired) electrons. The topological polar surface area (TPSA) is 61.5 Å². The van der Waals surface area contributed by atoms with Gasteiger partial charge >= 0.3 is 5.97 Å². The average molecular weight is 297 g/mol. The summed E-state index contributed by atoms with van der Waals surface area (Å²) in [4.78, 5) is 12.1. The standard InChI is InChI=1S/C17H31NO3/c1-2-21-16(19)17(18)11-6-9-15(17)10-12-20-13-14-7-4-3-5-8-14/h14-15H,2-13,18H2,1H3. The van der Waals surface area contributed by atoms with Crippen LogP contribution in [0.5, 0.6) is 0 Å². The van der Waals surface area contributed by atoms with Crippen LogP contribution < -0.4 is 5.73 Å². The van der Waals surface area contributed by atoms with Gasteiger partial charge in [-0.25, -0.2) is 0 Å². The first-order chi connectivity index (χ1) is 10.2. The molecule has 2 N–H and O–H groups in total. The highest BCUT2D eigenvalue weighted by atomic mass is 16.5. The zero-order chi connectivity index (χ0) is 15.1. The van der Waals surface area contributed by atoms with Crippen molar-refractivity contribution >= 4 is 5.97 Å². The van der Waals surface area contributed by atoms with Gasteiger partial charge in [0.2, 0.25) is 0 Å². The first kappa shape index (κ1) is 16.8. The molecule has 4 nitrogen and oxygen atoms in total. The van der Waals surface area contributed by atoms with Crippen LogP contribution >= 0.6 is 0 Å². The van der Waals surface area contributed by atoms with E-state index in [0.29, 0.717) is 6.61 Å². The lowest BCUT2D eigenvalue weighted by molar-refractivity contribution is -0.151. The lowest BCUT2D eigenvalue weighted by Crippen LogP contribution is -2.52. The molecule has 0 bridgehead atoms. The predicted molar refractivity (Wildman–Crippen MR) is 82.9 cm³/mol. The van der Waals surface area contributed by atoms with E-state index in [4.69, 9.17) is 15.2 Å². The minimum atomic E-state index is -0.774. The molecule has 0 heterocycles. The Kier molecular flexibility index (Phi) is 6.49. The van der Waals surface area contributed by atoms with E-state index in [1.165, 1.54) is 32.1 Å². The number of hydrogen-bond acceptors (Lipinski definition) is 4. The number of carbonyl (C=O) groups excluding carboxylic acids is 1. The third-order valence-electron chi connectivity index (χ3n) is 5.22. The van der Waals surface area contributed by atoms with Crippen molar-refractivity contribution in [3.8, 4) is 0 Å². The molecule has 2 saturated carbocycles. The second-order valence-corrected chi connectivity index (χ2v) is 6.72. The molecule has 0 aromatic rings. The van der Waals surface area contributed by atoms with Gasteiger partial charge in [-0.1, -0.05) is 25.7 Å². The first-order valence-electron chi connectivity index (χ1n) is 8.70. The molecule has 2 fully saturated rings. The van der Waals surface area contributed by atoms with Crippen molar-refractivity contribution in [3.05, 3.63) is 0 Å². The first-order valence-corrected chi connectivity index (χ1v) is 8.70. The highest BCUT2D eigenvalue weighted by Gasteiger charge is 2.46. The monoisotopic (exact) mass is 297 g/mol. The van der Waals surface area contributed by atoms with Crippen molar-refractivity contribution < 1.29 is 14.3 Å². The fraction of sp³-hybridized carbons (Fsp3) is 0.941. The summed E-state index contributed by atoms with van der Waals surface area (Å²) in [5.74, 6) is 0.734. The van der Waals surface area contributed by atoms with Crippen molar-refractivity contribution in [2.75, 3.05) is 19.8 Å². The summed E-state index contributed by atoms with van der Waals surface area (Å²) in [6.45, 7) is 3.84. The van der Waals surface area contributed by atoms with Crippen LogP contribution in [0.25, 0.3) is 0 Å². The number of nitrogens with two attached hydrogens (primary N) is 1. The van der Waals surface area contributed by atoms with Crippen molar-refractivity contribution in [1.29, 1.82) is 0 Å². The molecular weight excluding hydrogens is 266 g/mol. The zero-order valence-electron chi connectivity index (χ0n) is 13.4. The van der Waals surface area contributed by atoms with Gasteiger partial charge < -0.3 is 15.2 Å². The van der Waals surface area contributed by atoms with E-state index < -0.39 is 5.54 Å². The van der Waals surface area contributed by atoms with Crippen molar-refractivity contribution in [1.82, 2.24) is 0 Å². The Balaban J connectivity index is 1.70. The summed E-state index contributed by atoms with van der Waals surface area (Å²) < 4.78 is 11.0. The molecular formula is C17H31NO3. The minimum absolute atomic E-state index is 0.211. The van der Waals surface area contributed by atoms with Crippen LogP contribution in [0.2, 0.25) is 0 Å². The SMILES string of the molecule is CCOC(=O)C1(N)CCCC1CCOCC1CCCCC1. The average Bonchev–Trinajstić information content (AvgIpc) is 2.87. The third-order valence-corrected chi connectivity index (χ3v) is 5.22. The smallest absolute Gasteiger partial charge is 0.326 e. The fourth-order valence-corrected chi connectivity index (χ4v) is 3.87. The van der Waals surface area contributed by atoms with Crippen LogP contribution in [0.4, 0.5) is 0 Å². The summed E-state index contributed by atoms with van der Waals surface area (Å²) >= 11 is 0. The molecule has 0 saturated heterocycles. The Hall–Kier alpha value is -0.610. The van der Waals surface area contributed by atoms with Gasteiger partial charge in [0.15, 0.2) is 0 Å². The predicted octanol–water partition coefficient (Wildman–Crippen LogP) is 3.03. The Morgan fingerprint density at radius 3 is 2.67 bits per heavy atom. The van der Waals surface area contributed by atoms with E-state index in [9.17, 15) is 4.79 Å². The summed E-state index contributed by atoms with van der Waals surface area (Å²) in [7, 11) is 0. The van der Waals surface area contributed by atoms with Crippen LogP contribution in [0.15, 0.2) is 0 Å². The van der Waals surface area contributed by atoms with Gasteiger partial charge in [-0.05, 0) is 50.9 Å². The summed E-state index contributed by atoms with van der Waals surface area (Å²) in [6, 6.07) is 0. The molecule has 122 valence electrons. The van der Waals surface area contributed by atoms with E-state index in [-0.39, 0.29) is 11.9 Å². The van der Waals surface area contributed by atoms with Gasteiger partial charge in [0.25, 0.3) is 0 Å². The normalized spacial score (nSPS) is 30.5. The maximum absolute atomic E-state index is 12.1. The number of esters is 1. The molecule has 0 aromatic heterocycles. The lowest BCUT2D eigenvalue weighted by Gasteiger charge is -2.29. The van der Waals surface area contributed by atoms with Crippen LogP contribution in [0.1, 0.15) is 64.7 Å². The van der Waals surface area contributed by atoms with Gasteiger partial charge in [-0.3, -0.25) is 4.79 Å². The van der Waals surface area contributed by atoms with Crippen molar-refractivity contribution in [3.63, 3.8) is 0 Å². The van der Waals surface area contributed by atoms with Gasteiger partial charge in [0.1, 0.15) is 5.54 Å². The highest BCUT2D eigenvalue weighted by Crippen LogP contribution is 2.37. The molecule has 0 amide bonds. The van der Waals surface area contributed by atoms with E-state index in [1.54, 1.807) is 0 Å². The number of rotatable bonds is 7. The van der Waals surface area contributed by atoms with E-state index >= 15 is 0 Å². The summed E-state index contributed by atoms with van der Waals surface area (Å²) in [5.41, 5.74) is 5.55. The second kappa shape index (κ2) is 8.14. The number of hydrogen-bond donors (Lipinski definition) is 1. The Labute approximate surface area is 128 Å². The lowest BCUT2D eigenvalue weighted by atomic mass is 9.86. The Bertz CT molecular complexity index is 328. The Morgan fingerprint density at radius 2 is 1.95 bits per heavy atom. The van der Waals surface area contributed by atoms with Crippen LogP contribution in [0, 0.1) is 11.8 Å². The molecule has 0 aromatic carbocycles. The van der Waals surface area contributed by atoms with Gasteiger partial charge in [0, 0.05) is 13.2 Å². The Morgan fingerprint density at radius 1 is 1.19 bits per heavy atom. The largest absolute Gasteiger partial charge is 0.465 e. The molecule has 2 aliphatic rings. The minimum Gasteiger partial charge on any atom is -0.465 e. The highest BCUT2D eigenvalue weighted by molar-refractivity contribution is 5.81. The quantitative estimate of drug-likeness (QED) is 0.579. The third kappa shape index (κ3) is 4.43. The molecule has 0 spiro atoms. The summed E-state index contributed by atoms with van der Waals surface area (Å²) in [5, 5.41) is 0. The van der Waals surface area contributed by atoms with Crippen LogP contribution in [-0.4, -0.2) is 31.3 Å². The molecule has 2 atom stereocenters. The van der Waals surface area contributed by atoms with Crippen LogP contribution in [0.3, 0.4) is 0 Å². The molecule has 2 aliphatic carbocycles. The zero-order valence-corrected chi connectivity index (χ0v) is 13.4. The van der Waals surface area contributed by atoms with E-state index in [0.717, 1.165) is 44.8 Å². The molecule has 21 heavy (non-hydrogen) atoms. The van der Waals surface area contributed by atoms with E-state index in [2.05, 4.69) is 0 Å². The second-order valence-electron chi connectivity index (χ2n) is 6.72.